The maximum absolute atomic E-state index is 12.5. The van der Waals surface area contributed by atoms with Crippen LogP contribution in [0.5, 0.6) is 11.5 Å². The van der Waals surface area contributed by atoms with Crippen molar-refractivity contribution in [2.45, 2.75) is 46.1 Å². The number of hydrogen-bond donors (Lipinski definition) is 1. The number of nitrogens with zero attached hydrogens (tertiary/aromatic N) is 1. The van der Waals surface area contributed by atoms with E-state index in [-0.39, 0.29) is 29.4 Å². The van der Waals surface area contributed by atoms with Crippen molar-refractivity contribution in [2.75, 3.05) is 13.7 Å². The number of amides is 1. The van der Waals surface area contributed by atoms with Crippen LogP contribution in [0.15, 0.2) is 24.3 Å². The van der Waals surface area contributed by atoms with Gasteiger partial charge in [0, 0.05) is 12.1 Å². The molecule has 0 aliphatic heterocycles. The maximum Gasteiger partial charge on any atom is 0.244 e. The molecule has 5 heteroatoms. The summed E-state index contributed by atoms with van der Waals surface area (Å²) in [6.45, 7) is 6.97. The zero-order chi connectivity index (χ0) is 19.7. The summed E-state index contributed by atoms with van der Waals surface area (Å²) in [5, 5.41) is 11.9. The summed E-state index contributed by atoms with van der Waals surface area (Å²) in [5.74, 6) is 1.68. The van der Waals surface area contributed by atoms with Gasteiger partial charge in [-0.05, 0) is 59.8 Å². The average molecular weight is 368 g/mol. The van der Waals surface area contributed by atoms with Gasteiger partial charge in [0.25, 0.3) is 0 Å². The topological polar surface area (TPSA) is 71.3 Å². The number of fused-ring (bicyclic) bond motifs is 2. The van der Waals surface area contributed by atoms with Gasteiger partial charge in [-0.2, -0.15) is 5.26 Å². The van der Waals surface area contributed by atoms with Crippen molar-refractivity contribution in [3.05, 3.63) is 29.8 Å². The van der Waals surface area contributed by atoms with Crippen molar-refractivity contribution >= 4 is 12.0 Å². The van der Waals surface area contributed by atoms with Gasteiger partial charge in [0.05, 0.1) is 7.11 Å². The Kier molecular flexibility index (Phi) is 5.19. The summed E-state index contributed by atoms with van der Waals surface area (Å²) >= 11 is 0. The van der Waals surface area contributed by atoms with E-state index in [0.717, 1.165) is 12.0 Å². The molecule has 0 spiro atoms. The lowest BCUT2D eigenvalue weighted by Gasteiger charge is -2.39. The van der Waals surface area contributed by atoms with E-state index in [1.54, 1.807) is 31.4 Å². The molecule has 3 unspecified atom stereocenters. The Morgan fingerprint density at radius 2 is 2.15 bits per heavy atom. The third kappa shape index (κ3) is 3.41. The zero-order valence-electron chi connectivity index (χ0n) is 16.5. The summed E-state index contributed by atoms with van der Waals surface area (Å²) in [5.41, 5.74) is 1.29. The number of rotatable bonds is 6. The van der Waals surface area contributed by atoms with Crippen LogP contribution in [0.3, 0.4) is 0 Å². The molecule has 144 valence electrons. The minimum Gasteiger partial charge on any atom is -0.493 e. The largest absolute Gasteiger partial charge is 0.493 e. The highest BCUT2D eigenvalue weighted by Gasteiger charge is 2.61. The number of carbonyl (C=O) groups excluding carboxylic acids is 1. The Hall–Kier alpha value is -2.48. The molecule has 3 atom stereocenters. The first-order valence-electron chi connectivity index (χ1n) is 9.48. The molecule has 2 aliphatic rings. The van der Waals surface area contributed by atoms with Gasteiger partial charge in [0.1, 0.15) is 6.07 Å². The predicted octanol–water partition coefficient (Wildman–Crippen LogP) is 3.94. The SMILES string of the molecule is COc1cc(C=CC(=O)NC2CC3CCC2(C)C3(C)C)ccc1OCC#N. The van der Waals surface area contributed by atoms with E-state index in [2.05, 4.69) is 26.1 Å². The van der Waals surface area contributed by atoms with E-state index in [1.165, 1.54) is 12.8 Å². The second-order valence-corrected chi connectivity index (χ2v) is 8.36. The van der Waals surface area contributed by atoms with Crippen molar-refractivity contribution in [3.8, 4) is 17.6 Å². The Labute approximate surface area is 161 Å². The molecular weight excluding hydrogens is 340 g/mol. The van der Waals surface area contributed by atoms with Gasteiger partial charge in [-0.15, -0.1) is 0 Å². The van der Waals surface area contributed by atoms with Crippen molar-refractivity contribution in [3.63, 3.8) is 0 Å². The first kappa shape index (κ1) is 19.3. The smallest absolute Gasteiger partial charge is 0.244 e. The molecule has 5 nitrogen and oxygen atoms in total. The average Bonchev–Trinajstić information content (AvgIpc) is 2.98. The predicted molar refractivity (Wildman–Crippen MR) is 104 cm³/mol. The molecule has 0 radical (unpaired) electrons. The lowest BCUT2D eigenvalue weighted by Crippen LogP contribution is -2.46. The molecule has 27 heavy (non-hydrogen) atoms. The van der Waals surface area contributed by atoms with Gasteiger partial charge < -0.3 is 14.8 Å². The molecule has 3 rings (SSSR count). The number of ether oxygens (including phenoxy) is 2. The highest BCUT2D eigenvalue weighted by molar-refractivity contribution is 5.92. The van der Waals surface area contributed by atoms with Crippen molar-refractivity contribution in [2.24, 2.45) is 16.7 Å². The van der Waals surface area contributed by atoms with Crippen LogP contribution in [-0.4, -0.2) is 25.7 Å². The third-order valence-corrected chi connectivity index (χ3v) is 7.02. The Bertz CT molecular complexity index is 793. The Morgan fingerprint density at radius 3 is 2.74 bits per heavy atom. The van der Waals surface area contributed by atoms with E-state index in [1.807, 2.05) is 12.1 Å². The zero-order valence-corrected chi connectivity index (χ0v) is 16.5. The lowest BCUT2D eigenvalue weighted by molar-refractivity contribution is -0.118. The summed E-state index contributed by atoms with van der Waals surface area (Å²) in [7, 11) is 1.55. The van der Waals surface area contributed by atoms with Gasteiger partial charge in [-0.1, -0.05) is 26.8 Å². The maximum atomic E-state index is 12.5. The molecule has 1 amide bonds. The van der Waals surface area contributed by atoms with Gasteiger partial charge in [0.15, 0.2) is 18.1 Å². The highest BCUT2D eigenvalue weighted by atomic mass is 16.5. The summed E-state index contributed by atoms with van der Waals surface area (Å²) in [6, 6.07) is 7.54. The Morgan fingerprint density at radius 1 is 1.37 bits per heavy atom. The second kappa shape index (κ2) is 7.26. The fourth-order valence-corrected chi connectivity index (χ4v) is 4.83. The van der Waals surface area contributed by atoms with Crippen LogP contribution in [0, 0.1) is 28.1 Å². The summed E-state index contributed by atoms with van der Waals surface area (Å²) in [6.07, 6.45) is 6.87. The number of carbonyl (C=O) groups is 1. The molecule has 0 heterocycles. The van der Waals surface area contributed by atoms with Crippen LogP contribution in [0.2, 0.25) is 0 Å². The number of methoxy groups -OCH3 is 1. The van der Waals surface area contributed by atoms with Crippen molar-refractivity contribution in [1.29, 1.82) is 5.26 Å². The molecule has 2 bridgehead atoms. The first-order valence-corrected chi connectivity index (χ1v) is 9.48. The van der Waals surface area contributed by atoms with Gasteiger partial charge >= 0.3 is 0 Å². The fraction of sp³-hybridized carbons (Fsp3) is 0.545. The highest BCUT2D eigenvalue weighted by Crippen LogP contribution is 2.65. The van der Waals surface area contributed by atoms with Crippen molar-refractivity contribution < 1.29 is 14.3 Å². The van der Waals surface area contributed by atoms with Crippen LogP contribution in [0.4, 0.5) is 0 Å². The second-order valence-electron chi connectivity index (χ2n) is 8.36. The van der Waals surface area contributed by atoms with Gasteiger partial charge in [-0.3, -0.25) is 4.79 Å². The van der Waals surface area contributed by atoms with Crippen LogP contribution in [0.1, 0.15) is 45.6 Å². The minimum atomic E-state index is -0.0617. The third-order valence-electron chi connectivity index (χ3n) is 7.02. The molecule has 1 N–H and O–H groups in total. The van der Waals surface area contributed by atoms with Crippen LogP contribution in [-0.2, 0) is 4.79 Å². The van der Waals surface area contributed by atoms with Crippen LogP contribution >= 0.6 is 0 Å². The van der Waals surface area contributed by atoms with E-state index < -0.39 is 0 Å². The molecular formula is C22H28N2O3. The molecule has 0 aromatic heterocycles. The monoisotopic (exact) mass is 368 g/mol. The minimum absolute atomic E-state index is 0.0363. The normalized spacial score (nSPS) is 28.1. The first-order chi connectivity index (χ1) is 12.8. The van der Waals surface area contributed by atoms with Crippen LogP contribution in [0.25, 0.3) is 6.08 Å². The summed E-state index contributed by atoms with van der Waals surface area (Å²) < 4.78 is 10.6. The van der Waals surface area contributed by atoms with Gasteiger partial charge in [0.2, 0.25) is 5.91 Å². The molecule has 2 aliphatic carbocycles. The summed E-state index contributed by atoms with van der Waals surface area (Å²) in [4.78, 5) is 12.5. The van der Waals surface area contributed by atoms with E-state index in [0.29, 0.717) is 17.4 Å². The number of nitriles is 1. The molecule has 1 aromatic rings. The van der Waals surface area contributed by atoms with Crippen molar-refractivity contribution in [1.82, 2.24) is 5.32 Å². The Balaban J connectivity index is 1.65. The molecule has 2 saturated carbocycles. The molecule has 0 saturated heterocycles. The van der Waals surface area contributed by atoms with Gasteiger partial charge in [-0.25, -0.2) is 0 Å². The fourth-order valence-electron chi connectivity index (χ4n) is 4.83. The number of benzene rings is 1. The number of nitrogens with one attached hydrogen (secondary N) is 1. The van der Waals surface area contributed by atoms with Crippen LogP contribution < -0.4 is 14.8 Å². The lowest BCUT2D eigenvalue weighted by atomic mass is 9.69. The molecule has 1 aromatic carbocycles. The van der Waals surface area contributed by atoms with E-state index >= 15 is 0 Å². The number of hydrogen-bond acceptors (Lipinski definition) is 4. The standard InChI is InChI=1S/C22H28N2O3/c1-21(2)16-9-10-22(21,3)19(14-16)24-20(25)8-6-15-5-7-17(27-12-11-23)18(13-15)26-4/h5-8,13,16,19H,9-10,12,14H2,1-4H3,(H,24,25). The quantitative estimate of drug-likeness (QED) is 0.772. The van der Waals surface area contributed by atoms with E-state index in [4.69, 9.17) is 14.7 Å². The van der Waals surface area contributed by atoms with E-state index in [9.17, 15) is 4.79 Å². The molecule has 2 fully saturated rings.